The Hall–Kier alpha value is -1.54. The molecule has 2 heterocycles. The first kappa shape index (κ1) is 9.67. The molecular formula is C14H15NO. The third-order valence-electron chi connectivity index (χ3n) is 3.35. The molecule has 2 heteroatoms. The molecule has 3 rings (SSSR count). The summed E-state index contributed by atoms with van der Waals surface area (Å²) in [4.78, 5) is 0. The molecule has 1 aliphatic heterocycles. The van der Waals surface area contributed by atoms with Gasteiger partial charge in [0, 0.05) is 12.0 Å². The Labute approximate surface area is 95.3 Å². The molecule has 1 aromatic carbocycles. The Balaban J connectivity index is 1.90. The van der Waals surface area contributed by atoms with Crippen molar-refractivity contribution in [2.24, 2.45) is 0 Å². The lowest BCUT2D eigenvalue weighted by Crippen LogP contribution is -2.16. The number of furan rings is 1. The molecule has 1 N–H and O–H groups in total. The van der Waals surface area contributed by atoms with Gasteiger partial charge in [-0.3, -0.25) is 0 Å². The standard InChI is InChI=1S/C14H15NO/c1-2-4-11(5-3-1)14-13(6-8-15-14)12-7-9-16-10-12/h1-5,7,9-10,13-15H,6,8H2. The van der Waals surface area contributed by atoms with Crippen LogP contribution in [0.25, 0.3) is 0 Å². The maximum atomic E-state index is 5.18. The first-order valence-corrected chi connectivity index (χ1v) is 5.75. The molecule has 0 saturated carbocycles. The van der Waals surface area contributed by atoms with E-state index in [1.54, 1.807) is 6.26 Å². The molecule has 2 atom stereocenters. The molecule has 2 unspecified atom stereocenters. The Bertz CT molecular complexity index is 435. The van der Waals surface area contributed by atoms with Crippen molar-refractivity contribution in [1.29, 1.82) is 0 Å². The molecule has 1 aliphatic rings. The van der Waals surface area contributed by atoms with E-state index < -0.39 is 0 Å². The van der Waals surface area contributed by atoms with Crippen LogP contribution in [0.15, 0.2) is 53.3 Å². The van der Waals surface area contributed by atoms with Crippen LogP contribution in [0.5, 0.6) is 0 Å². The van der Waals surface area contributed by atoms with E-state index in [9.17, 15) is 0 Å². The Morgan fingerprint density at radius 1 is 1.06 bits per heavy atom. The smallest absolute Gasteiger partial charge is 0.0938 e. The van der Waals surface area contributed by atoms with Crippen molar-refractivity contribution in [3.8, 4) is 0 Å². The second kappa shape index (κ2) is 4.14. The van der Waals surface area contributed by atoms with E-state index in [-0.39, 0.29) is 0 Å². The van der Waals surface area contributed by atoms with Crippen LogP contribution in [0.1, 0.15) is 29.5 Å². The zero-order chi connectivity index (χ0) is 10.8. The van der Waals surface area contributed by atoms with Gasteiger partial charge < -0.3 is 9.73 Å². The van der Waals surface area contributed by atoms with E-state index in [0.717, 1.165) is 6.54 Å². The van der Waals surface area contributed by atoms with Crippen molar-refractivity contribution < 1.29 is 4.42 Å². The highest BCUT2D eigenvalue weighted by Crippen LogP contribution is 2.37. The zero-order valence-corrected chi connectivity index (χ0v) is 9.10. The molecule has 2 nitrogen and oxygen atoms in total. The minimum atomic E-state index is 0.429. The highest BCUT2D eigenvalue weighted by atomic mass is 16.3. The monoisotopic (exact) mass is 213 g/mol. The maximum Gasteiger partial charge on any atom is 0.0938 e. The topological polar surface area (TPSA) is 25.2 Å². The third-order valence-corrected chi connectivity index (χ3v) is 3.35. The van der Waals surface area contributed by atoms with Crippen molar-refractivity contribution >= 4 is 0 Å². The van der Waals surface area contributed by atoms with E-state index in [1.807, 2.05) is 6.26 Å². The third kappa shape index (κ3) is 1.65. The van der Waals surface area contributed by atoms with Crippen LogP contribution in [0.4, 0.5) is 0 Å². The molecule has 1 saturated heterocycles. The lowest BCUT2D eigenvalue weighted by molar-refractivity contribution is 0.541. The van der Waals surface area contributed by atoms with Gasteiger partial charge in [-0.25, -0.2) is 0 Å². The van der Waals surface area contributed by atoms with Crippen molar-refractivity contribution in [3.63, 3.8) is 0 Å². The average Bonchev–Trinajstić information content (AvgIpc) is 3.01. The van der Waals surface area contributed by atoms with E-state index in [0.29, 0.717) is 12.0 Å². The summed E-state index contributed by atoms with van der Waals surface area (Å²) in [5, 5.41) is 3.57. The van der Waals surface area contributed by atoms with Crippen LogP contribution in [0, 0.1) is 0 Å². The Morgan fingerprint density at radius 2 is 1.94 bits per heavy atom. The largest absolute Gasteiger partial charge is 0.472 e. The SMILES string of the molecule is c1ccc(C2NCCC2c2ccoc2)cc1. The number of rotatable bonds is 2. The van der Waals surface area contributed by atoms with E-state index in [4.69, 9.17) is 4.42 Å². The number of hydrogen-bond donors (Lipinski definition) is 1. The average molecular weight is 213 g/mol. The highest BCUT2D eigenvalue weighted by molar-refractivity contribution is 5.27. The van der Waals surface area contributed by atoms with Crippen molar-refractivity contribution in [2.45, 2.75) is 18.4 Å². The molecule has 0 amide bonds. The predicted molar refractivity (Wildman–Crippen MR) is 63.3 cm³/mol. The molecule has 0 aliphatic carbocycles. The van der Waals surface area contributed by atoms with Crippen LogP contribution in [-0.4, -0.2) is 6.54 Å². The van der Waals surface area contributed by atoms with Gasteiger partial charge in [-0.05, 0) is 30.2 Å². The van der Waals surface area contributed by atoms with Crippen LogP contribution in [0.2, 0.25) is 0 Å². The summed E-state index contributed by atoms with van der Waals surface area (Å²) in [5.74, 6) is 0.543. The minimum Gasteiger partial charge on any atom is -0.472 e. The first-order valence-electron chi connectivity index (χ1n) is 5.75. The van der Waals surface area contributed by atoms with Gasteiger partial charge in [0.15, 0.2) is 0 Å². The van der Waals surface area contributed by atoms with E-state index in [2.05, 4.69) is 41.7 Å². The van der Waals surface area contributed by atoms with Gasteiger partial charge in [0.25, 0.3) is 0 Å². The summed E-state index contributed by atoms with van der Waals surface area (Å²) in [7, 11) is 0. The summed E-state index contributed by atoms with van der Waals surface area (Å²) in [6.45, 7) is 1.08. The summed E-state index contributed by atoms with van der Waals surface area (Å²) in [6.07, 6.45) is 4.81. The molecule has 16 heavy (non-hydrogen) atoms. The van der Waals surface area contributed by atoms with Gasteiger partial charge in [-0.15, -0.1) is 0 Å². The normalized spacial score (nSPS) is 24.8. The molecule has 1 fully saturated rings. The molecule has 0 radical (unpaired) electrons. The summed E-state index contributed by atoms with van der Waals surface area (Å²) >= 11 is 0. The zero-order valence-electron chi connectivity index (χ0n) is 9.10. The van der Waals surface area contributed by atoms with Crippen molar-refractivity contribution in [3.05, 3.63) is 60.1 Å². The van der Waals surface area contributed by atoms with Gasteiger partial charge in [0.05, 0.1) is 12.5 Å². The fourth-order valence-electron chi connectivity index (χ4n) is 2.56. The fraction of sp³-hybridized carbons (Fsp3) is 0.286. The number of hydrogen-bond acceptors (Lipinski definition) is 2. The summed E-state index contributed by atoms with van der Waals surface area (Å²) in [6, 6.07) is 13.1. The number of nitrogens with one attached hydrogen (secondary N) is 1. The van der Waals surface area contributed by atoms with Crippen LogP contribution in [-0.2, 0) is 0 Å². The molecule has 0 spiro atoms. The molecule has 0 bridgehead atoms. The van der Waals surface area contributed by atoms with E-state index >= 15 is 0 Å². The second-order valence-corrected chi connectivity index (χ2v) is 4.29. The lowest BCUT2D eigenvalue weighted by atomic mass is 9.89. The van der Waals surface area contributed by atoms with Gasteiger partial charge in [-0.2, -0.15) is 0 Å². The second-order valence-electron chi connectivity index (χ2n) is 4.29. The summed E-state index contributed by atoms with van der Waals surface area (Å²) in [5.41, 5.74) is 2.67. The van der Waals surface area contributed by atoms with Gasteiger partial charge in [0.2, 0.25) is 0 Å². The van der Waals surface area contributed by atoms with Crippen molar-refractivity contribution in [2.75, 3.05) is 6.54 Å². The summed E-state index contributed by atoms with van der Waals surface area (Å²) < 4.78 is 5.18. The molecule has 1 aromatic heterocycles. The first-order chi connectivity index (χ1) is 7.95. The van der Waals surface area contributed by atoms with Gasteiger partial charge in [-0.1, -0.05) is 30.3 Å². The predicted octanol–water partition coefficient (Wildman–Crippen LogP) is 3.10. The minimum absolute atomic E-state index is 0.429. The van der Waals surface area contributed by atoms with Gasteiger partial charge >= 0.3 is 0 Å². The fourth-order valence-corrected chi connectivity index (χ4v) is 2.56. The van der Waals surface area contributed by atoms with E-state index in [1.165, 1.54) is 17.5 Å². The Morgan fingerprint density at radius 3 is 2.69 bits per heavy atom. The van der Waals surface area contributed by atoms with Crippen LogP contribution >= 0.6 is 0 Å². The highest BCUT2D eigenvalue weighted by Gasteiger charge is 2.29. The molecule has 2 aromatic rings. The lowest BCUT2D eigenvalue weighted by Gasteiger charge is -2.18. The number of benzene rings is 1. The van der Waals surface area contributed by atoms with Crippen LogP contribution < -0.4 is 5.32 Å². The molecular weight excluding hydrogens is 198 g/mol. The van der Waals surface area contributed by atoms with Crippen LogP contribution in [0.3, 0.4) is 0 Å². The maximum absolute atomic E-state index is 5.18. The van der Waals surface area contributed by atoms with Gasteiger partial charge in [0.1, 0.15) is 0 Å². The van der Waals surface area contributed by atoms with Crippen molar-refractivity contribution in [1.82, 2.24) is 5.32 Å². The quantitative estimate of drug-likeness (QED) is 0.829. The Kier molecular flexibility index (Phi) is 2.50. The molecule has 82 valence electrons.